The molecule has 0 saturated carbocycles. The van der Waals surface area contributed by atoms with Crippen LogP contribution in [0, 0.1) is 0 Å². The number of alkyl halides is 3. The van der Waals surface area contributed by atoms with Crippen molar-refractivity contribution in [2.24, 2.45) is 0 Å². The summed E-state index contributed by atoms with van der Waals surface area (Å²) in [4.78, 5) is 29.8. The number of amides is 3. The molecule has 1 unspecified atom stereocenters. The van der Waals surface area contributed by atoms with Gasteiger partial charge in [-0.3, -0.25) is 9.78 Å². The first-order chi connectivity index (χ1) is 15.3. The van der Waals surface area contributed by atoms with Gasteiger partial charge in [-0.15, -0.1) is 0 Å². The quantitative estimate of drug-likeness (QED) is 0.544. The minimum absolute atomic E-state index is 0.0243. The van der Waals surface area contributed by atoms with E-state index in [1.807, 2.05) is 0 Å². The Morgan fingerprint density at radius 2 is 1.73 bits per heavy atom. The minimum Gasteiger partial charge on any atom is -0.323 e. The smallest absolute Gasteiger partial charge is 0.323 e. The van der Waals surface area contributed by atoms with Gasteiger partial charge in [-0.2, -0.15) is 13.2 Å². The Bertz CT molecular complexity index is 1390. The molecule has 0 radical (unpaired) electrons. The number of urea groups is 1. The predicted octanol–water partition coefficient (Wildman–Crippen LogP) is 4.24. The fourth-order valence-electron chi connectivity index (χ4n) is 3.65. The number of benzene rings is 2. The van der Waals surface area contributed by atoms with E-state index in [0.29, 0.717) is 33.6 Å². The van der Waals surface area contributed by atoms with Crippen molar-refractivity contribution in [3.8, 4) is 0 Å². The summed E-state index contributed by atoms with van der Waals surface area (Å²) >= 11 is 6.33. The Kier molecular flexibility index (Phi) is 5.37. The molecule has 0 bridgehead atoms. The van der Waals surface area contributed by atoms with Crippen molar-refractivity contribution in [2.45, 2.75) is 29.3 Å². The van der Waals surface area contributed by atoms with Crippen LogP contribution < -0.4 is 10.2 Å². The van der Waals surface area contributed by atoms with Gasteiger partial charge < -0.3 is 5.32 Å². The molecule has 3 aromatic rings. The Labute approximate surface area is 191 Å². The molecule has 12 heteroatoms. The van der Waals surface area contributed by atoms with E-state index in [9.17, 15) is 31.2 Å². The molecule has 0 aliphatic carbocycles. The van der Waals surface area contributed by atoms with Gasteiger partial charge in [0.2, 0.25) is 0 Å². The first kappa shape index (κ1) is 23.0. The molecule has 1 fully saturated rings. The number of carbonyl (C=O) groups is 2. The fourth-order valence-corrected chi connectivity index (χ4v) is 4.63. The number of hydrogen-bond donors (Lipinski definition) is 1. The number of nitrogens with zero attached hydrogens (tertiary/aromatic N) is 2. The third-order valence-corrected chi connectivity index (χ3v) is 7.16. The topological polar surface area (TPSA) is 96.4 Å². The fraction of sp³-hybridized carbons (Fsp3) is 0.190. The summed E-state index contributed by atoms with van der Waals surface area (Å²) in [5, 5.41) is 3.60. The molecule has 1 N–H and O–H groups in total. The normalized spacial score (nSPS) is 19.2. The minimum atomic E-state index is -5.56. The number of aromatic nitrogens is 1. The van der Waals surface area contributed by atoms with E-state index in [1.165, 1.54) is 13.1 Å². The number of carbonyl (C=O) groups excluding carboxylic acids is 2. The van der Waals surface area contributed by atoms with Crippen LogP contribution in [0.25, 0.3) is 10.9 Å². The Morgan fingerprint density at radius 3 is 2.36 bits per heavy atom. The van der Waals surface area contributed by atoms with Crippen LogP contribution in [0.4, 0.5) is 23.7 Å². The van der Waals surface area contributed by atoms with Gasteiger partial charge in [0.25, 0.3) is 15.7 Å². The van der Waals surface area contributed by atoms with Crippen LogP contribution in [-0.4, -0.2) is 36.4 Å². The van der Waals surface area contributed by atoms with E-state index >= 15 is 0 Å². The third kappa shape index (κ3) is 3.80. The van der Waals surface area contributed by atoms with Gasteiger partial charge in [0.1, 0.15) is 5.54 Å². The molecular formula is C21H15ClF3N3O4S. The lowest BCUT2D eigenvalue weighted by atomic mass is 9.91. The third-order valence-electron chi connectivity index (χ3n) is 5.34. The number of pyridine rings is 1. The number of nitrogens with one attached hydrogen (secondary N) is 1. The van der Waals surface area contributed by atoms with Crippen LogP contribution in [-0.2, 0) is 21.1 Å². The lowest BCUT2D eigenvalue weighted by molar-refractivity contribution is -0.121. The number of hydrogen-bond acceptors (Lipinski definition) is 5. The zero-order valence-corrected chi connectivity index (χ0v) is 18.4. The Balaban J connectivity index is 1.67. The molecule has 0 spiro atoms. The van der Waals surface area contributed by atoms with Crippen molar-refractivity contribution < 1.29 is 31.2 Å². The second-order valence-electron chi connectivity index (χ2n) is 7.62. The summed E-state index contributed by atoms with van der Waals surface area (Å²) < 4.78 is 61.4. The SMILES string of the molecule is CC1(Cc2c(Cl)cnc3ccccc23)NC(=O)N(c2ccc(S(=O)(=O)C(F)(F)F)cc2)C1=O. The number of fused-ring (bicyclic) bond motifs is 1. The van der Waals surface area contributed by atoms with Crippen LogP contribution in [0.3, 0.4) is 0 Å². The molecule has 2 heterocycles. The van der Waals surface area contributed by atoms with Gasteiger partial charge in [-0.1, -0.05) is 29.8 Å². The maximum Gasteiger partial charge on any atom is 0.501 e. The van der Waals surface area contributed by atoms with E-state index in [1.54, 1.807) is 24.3 Å². The lowest BCUT2D eigenvalue weighted by Crippen LogP contribution is -2.46. The maximum absolute atomic E-state index is 13.2. The van der Waals surface area contributed by atoms with Gasteiger partial charge in [-0.25, -0.2) is 18.1 Å². The summed E-state index contributed by atoms with van der Waals surface area (Å²) in [6.45, 7) is 1.50. The summed E-state index contributed by atoms with van der Waals surface area (Å²) in [5.74, 6) is -0.670. The molecule has 1 aliphatic heterocycles. The molecule has 1 aliphatic rings. The number of sulfone groups is 1. The van der Waals surface area contributed by atoms with Crippen molar-refractivity contribution in [3.63, 3.8) is 0 Å². The van der Waals surface area contributed by atoms with Gasteiger partial charge in [-0.05, 0) is 42.8 Å². The Hall–Kier alpha value is -3.18. The highest BCUT2D eigenvalue weighted by atomic mass is 35.5. The maximum atomic E-state index is 13.2. The van der Waals surface area contributed by atoms with Crippen molar-refractivity contribution in [1.82, 2.24) is 10.3 Å². The van der Waals surface area contributed by atoms with Crippen LogP contribution in [0.2, 0.25) is 5.02 Å². The van der Waals surface area contributed by atoms with Crippen molar-refractivity contribution in [2.75, 3.05) is 4.90 Å². The second-order valence-corrected chi connectivity index (χ2v) is 9.97. The van der Waals surface area contributed by atoms with Gasteiger partial charge in [0, 0.05) is 18.0 Å². The van der Waals surface area contributed by atoms with Gasteiger partial charge in [0.05, 0.1) is 21.1 Å². The second kappa shape index (κ2) is 7.70. The van der Waals surface area contributed by atoms with Crippen molar-refractivity contribution in [3.05, 3.63) is 65.3 Å². The van der Waals surface area contributed by atoms with Gasteiger partial charge >= 0.3 is 11.5 Å². The van der Waals surface area contributed by atoms with E-state index < -0.39 is 37.7 Å². The molecule has 172 valence electrons. The van der Waals surface area contributed by atoms with Crippen molar-refractivity contribution in [1.29, 1.82) is 0 Å². The lowest BCUT2D eigenvalue weighted by Gasteiger charge is -2.23. The summed E-state index contributed by atoms with van der Waals surface area (Å²) in [6.07, 6.45) is 1.47. The number of para-hydroxylation sites is 1. The van der Waals surface area contributed by atoms with Crippen LogP contribution in [0.5, 0.6) is 0 Å². The molecule has 7 nitrogen and oxygen atoms in total. The van der Waals surface area contributed by atoms with E-state index in [0.717, 1.165) is 17.0 Å². The zero-order valence-electron chi connectivity index (χ0n) is 16.9. The van der Waals surface area contributed by atoms with Crippen LogP contribution in [0.1, 0.15) is 12.5 Å². The van der Waals surface area contributed by atoms with E-state index in [-0.39, 0.29) is 12.1 Å². The molecular weight excluding hydrogens is 483 g/mol. The van der Waals surface area contributed by atoms with Crippen LogP contribution >= 0.6 is 11.6 Å². The highest BCUT2D eigenvalue weighted by Gasteiger charge is 2.50. The average molecular weight is 498 g/mol. The summed E-state index contributed by atoms with van der Waals surface area (Å²) in [6, 6.07) is 9.66. The monoisotopic (exact) mass is 497 g/mol. The molecule has 2 aromatic carbocycles. The number of halogens is 4. The number of anilines is 1. The molecule has 1 aromatic heterocycles. The summed E-state index contributed by atoms with van der Waals surface area (Å²) in [5.41, 5.74) is -5.72. The number of rotatable bonds is 4. The van der Waals surface area contributed by atoms with Crippen molar-refractivity contribution >= 4 is 50.0 Å². The Morgan fingerprint density at radius 1 is 1.09 bits per heavy atom. The van der Waals surface area contributed by atoms with E-state index in [2.05, 4.69) is 10.3 Å². The first-order valence-corrected chi connectivity index (χ1v) is 11.3. The molecule has 33 heavy (non-hydrogen) atoms. The predicted molar refractivity (Wildman–Crippen MR) is 115 cm³/mol. The molecule has 1 saturated heterocycles. The molecule has 1 atom stereocenters. The first-order valence-electron chi connectivity index (χ1n) is 9.45. The van der Waals surface area contributed by atoms with Gasteiger partial charge in [0.15, 0.2) is 0 Å². The summed E-state index contributed by atoms with van der Waals surface area (Å²) in [7, 11) is -5.56. The largest absolute Gasteiger partial charge is 0.501 e. The number of imide groups is 1. The average Bonchev–Trinajstić information content (AvgIpc) is 2.97. The molecule has 4 rings (SSSR count). The zero-order chi connectivity index (χ0) is 24.2. The molecule has 3 amide bonds. The standard InChI is InChI=1S/C21H15ClF3N3O4S/c1-20(10-15-14-4-2-3-5-17(14)26-11-16(15)22)18(29)28(19(30)27-20)12-6-8-13(9-7-12)33(31,32)21(23,24)25/h2-9,11H,10H2,1H3,(H,27,30). The highest BCUT2D eigenvalue weighted by molar-refractivity contribution is 7.92. The van der Waals surface area contributed by atoms with E-state index in [4.69, 9.17) is 11.6 Å². The highest BCUT2D eigenvalue weighted by Crippen LogP contribution is 2.34. The van der Waals surface area contributed by atoms with Crippen LogP contribution in [0.15, 0.2) is 59.6 Å².